The number of nitrogens with one attached hydrogen (secondary N) is 1. The number of anilines is 1. The lowest BCUT2D eigenvalue weighted by Gasteiger charge is -2.28. The van der Waals surface area contributed by atoms with Gasteiger partial charge < -0.3 is 20.3 Å². The Morgan fingerprint density at radius 2 is 1.96 bits per heavy atom. The third kappa shape index (κ3) is 4.79. The van der Waals surface area contributed by atoms with E-state index in [1.54, 1.807) is 0 Å². The highest BCUT2D eigenvalue weighted by molar-refractivity contribution is 7.92. The topological polar surface area (TPSA) is 167 Å². The molecule has 0 aliphatic carbocycles. The van der Waals surface area contributed by atoms with Gasteiger partial charge in [0, 0.05) is 12.6 Å². The van der Waals surface area contributed by atoms with E-state index in [9.17, 15) is 31.5 Å². The second-order valence-electron chi connectivity index (χ2n) is 6.20. The molecule has 0 spiro atoms. The van der Waals surface area contributed by atoms with Crippen LogP contribution in [0.25, 0.3) is 0 Å². The molecule has 28 heavy (non-hydrogen) atoms. The molecule has 0 saturated carbocycles. The number of carboxylic acid groups (broad SMARTS) is 1. The average molecular weight is 436 g/mol. The first-order valence-corrected chi connectivity index (χ1v) is 11.2. The molecule has 1 fully saturated rings. The molecule has 2 rings (SSSR count). The molecule has 3 N–H and O–H groups in total. The molecule has 13 heteroatoms. The maximum absolute atomic E-state index is 13.2. The van der Waals surface area contributed by atoms with Crippen LogP contribution in [0, 0.1) is 0 Å². The third-order valence-corrected chi connectivity index (χ3v) is 7.62. The van der Waals surface area contributed by atoms with Gasteiger partial charge in [0.1, 0.15) is 17.2 Å². The quantitative estimate of drug-likeness (QED) is 0.480. The Bertz CT molecular complexity index is 989. The van der Waals surface area contributed by atoms with Crippen molar-refractivity contribution in [3.63, 3.8) is 0 Å². The van der Waals surface area contributed by atoms with Crippen molar-refractivity contribution in [1.29, 1.82) is 0 Å². The summed E-state index contributed by atoms with van der Waals surface area (Å²) in [6.45, 7) is 0.155. The third-order valence-electron chi connectivity index (χ3n) is 4.03. The molecule has 1 aliphatic rings. The van der Waals surface area contributed by atoms with Gasteiger partial charge >= 0.3 is 5.97 Å². The highest BCUT2D eigenvalue weighted by Gasteiger charge is 2.46. The summed E-state index contributed by atoms with van der Waals surface area (Å²) in [4.78, 5) is 22.0. The van der Waals surface area contributed by atoms with Gasteiger partial charge in [-0.15, -0.1) is 0 Å². The van der Waals surface area contributed by atoms with Gasteiger partial charge in [-0.05, 0) is 18.2 Å². The first kappa shape index (κ1) is 22.1. The van der Waals surface area contributed by atoms with Crippen LogP contribution in [-0.4, -0.2) is 80.5 Å². The summed E-state index contributed by atoms with van der Waals surface area (Å²) in [5.74, 6) is -3.52. The summed E-state index contributed by atoms with van der Waals surface area (Å²) in [6.07, 6.45) is -1.58. The summed E-state index contributed by atoms with van der Waals surface area (Å²) in [7, 11) is -7.16. The second-order valence-corrected chi connectivity index (χ2v) is 10.2. The van der Waals surface area contributed by atoms with E-state index >= 15 is 0 Å². The van der Waals surface area contributed by atoms with Gasteiger partial charge in [0.15, 0.2) is 9.84 Å². The number of nitrogens with zero attached hydrogens (tertiary/aromatic N) is 1. The summed E-state index contributed by atoms with van der Waals surface area (Å²) in [5.41, 5.74) is 0.113. The van der Waals surface area contributed by atoms with E-state index in [4.69, 9.17) is 9.84 Å². The maximum atomic E-state index is 13.2. The molecule has 1 heterocycles. The molecule has 1 aliphatic heterocycles. The number of aliphatic carboxylic acids is 1. The van der Waals surface area contributed by atoms with Crippen LogP contribution in [0.2, 0.25) is 0 Å². The number of sulfonamides is 1. The Hall–Kier alpha value is -2.22. The zero-order chi connectivity index (χ0) is 21.3. The Kier molecular flexibility index (Phi) is 6.33. The van der Waals surface area contributed by atoms with Crippen LogP contribution >= 0.6 is 0 Å². The number of carbonyl (C=O) groups excluding carboxylic acids is 1. The molecule has 156 valence electrons. The number of amides is 1. The van der Waals surface area contributed by atoms with Crippen LogP contribution < -0.4 is 10.1 Å². The summed E-state index contributed by atoms with van der Waals surface area (Å²) in [5, 5.41) is 21.6. The number of carbonyl (C=O) groups is 2. The Balaban J connectivity index is 2.59. The van der Waals surface area contributed by atoms with Crippen LogP contribution in [0.1, 0.15) is 6.92 Å². The van der Waals surface area contributed by atoms with Crippen molar-refractivity contribution in [2.45, 2.75) is 24.0 Å². The van der Waals surface area contributed by atoms with E-state index < -0.39 is 66.8 Å². The zero-order valence-corrected chi connectivity index (χ0v) is 16.7. The molecule has 0 bridgehead atoms. The van der Waals surface area contributed by atoms with Crippen LogP contribution in [0.15, 0.2) is 23.1 Å². The van der Waals surface area contributed by atoms with E-state index in [2.05, 4.69) is 5.32 Å². The first-order valence-electron chi connectivity index (χ1n) is 7.95. The molecule has 2 atom stereocenters. The fourth-order valence-electron chi connectivity index (χ4n) is 2.89. The number of rotatable bonds is 7. The van der Waals surface area contributed by atoms with Crippen LogP contribution in [0.3, 0.4) is 0 Å². The van der Waals surface area contributed by atoms with E-state index in [1.807, 2.05) is 0 Å². The lowest BCUT2D eigenvalue weighted by Crippen LogP contribution is -2.48. The van der Waals surface area contributed by atoms with E-state index in [1.165, 1.54) is 26.2 Å². The van der Waals surface area contributed by atoms with E-state index in [0.29, 0.717) is 4.31 Å². The fraction of sp³-hybridized carbons (Fsp3) is 0.467. The minimum absolute atomic E-state index is 0.113. The number of carboxylic acids is 1. The Labute approximate surface area is 161 Å². The second kappa shape index (κ2) is 8.03. The smallest absolute Gasteiger partial charge is 0.318 e. The SMILES string of the molecule is COc1ccc(NC(C)=O)cc1S(=O)(=O)N(CC(=O)O)[C@@H]1CS(=O)(=O)C[C@H]1O. The normalized spacial score (nSPS) is 21.4. The van der Waals surface area contributed by atoms with Crippen molar-refractivity contribution < 1.29 is 41.4 Å². The number of methoxy groups -OCH3 is 1. The number of aliphatic hydroxyl groups excluding tert-OH is 1. The number of benzene rings is 1. The van der Waals surface area contributed by atoms with E-state index in [-0.39, 0.29) is 11.4 Å². The molecule has 0 aromatic heterocycles. The highest BCUT2D eigenvalue weighted by atomic mass is 32.2. The number of sulfone groups is 1. The van der Waals surface area contributed by atoms with Gasteiger partial charge in [-0.3, -0.25) is 9.59 Å². The molecule has 1 aromatic carbocycles. The van der Waals surface area contributed by atoms with Crippen molar-refractivity contribution in [3.8, 4) is 5.75 Å². The first-order chi connectivity index (χ1) is 12.9. The summed E-state index contributed by atoms with van der Waals surface area (Å²) in [6, 6.07) is 2.25. The van der Waals surface area contributed by atoms with Gasteiger partial charge in [0.2, 0.25) is 15.9 Å². The number of hydrogen-bond acceptors (Lipinski definition) is 8. The predicted octanol–water partition coefficient (Wildman–Crippen LogP) is -1.11. The lowest BCUT2D eigenvalue weighted by molar-refractivity contribution is -0.137. The fourth-order valence-corrected chi connectivity index (χ4v) is 6.57. The predicted molar refractivity (Wildman–Crippen MR) is 97.3 cm³/mol. The Morgan fingerprint density at radius 1 is 1.32 bits per heavy atom. The molecule has 0 unspecified atom stereocenters. The highest BCUT2D eigenvalue weighted by Crippen LogP contribution is 2.32. The molecule has 1 saturated heterocycles. The van der Waals surface area contributed by atoms with Gasteiger partial charge in [0.25, 0.3) is 0 Å². The minimum Gasteiger partial charge on any atom is -0.495 e. The standard InChI is InChI=1S/C15H20N2O9S2/c1-9(18)16-10-3-4-13(26-2)14(5-10)28(24,25)17(6-15(20)21)11-7-27(22,23)8-12(11)19/h3-5,11-12,19H,6-8H2,1-2H3,(H,16,18)(H,20,21)/t11-,12-/m1/s1. The van der Waals surface area contributed by atoms with Crippen LogP contribution in [0.5, 0.6) is 5.75 Å². The van der Waals surface area contributed by atoms with Crippen molar-refractivity contribution in [1.82, 2.24) is 4.31 Å². The van der Waals surface area contributed by atoms with Crippen molar-refractivity contribution >= 4 is 37.4 Å². The van der Waals surface area contributed by atoms with Crippen molar-refractivity contribution in [3.05, 3.63) is 18.2 Å². The zero-order valence-electron chi connectivity index (χ0n) is 15.0. The van der Waals surface area contributed by atoms with Gasteiger partial charge in [0.05, 0.1) is 30.8 Å². The number of ether oxygens (including phenoxy) is 1. The van der Waals surface area contributed by atoms with Crippen molar-refractivity contribution in [2.24, 2.45) is 0 Å². The monoisotopic (exact) mass is 436 g/mol. The van der Waals surface area contributed by atoms with Crippen LogP contribution in [0.4, 0.5) is 5.69 Å². The number of hydrogen-bond donors (Lipinski definition) is 3. The lowest BCUT2D eigenvalue weighted by atomic mass is 10.2. The summed E-state index contributed by atoms with van der Waals surface area (Å²) >= 11 is 0. The molecule has 1 aromatic rings. The van der Waals surface area contributed by atoms with Crippen molar-refractivity contribution in [2.75, 3.05) is 30.5 Å². The largest absolute Gasteiger partial charge is 0.495 e. The molecule has 11 nitrogen and oxygen atoms in total. The van der Waals surface area contributed by atoms with Crippen LogP contribution in [-0.2, 0) is 29.4 Å². The Morgan fingerprint density at radius 3 is 2.43 bits per heavy atom. The van der Waals surface area contributed by atoms with Gasteiger partial charge in [-0.2, -0.15) is 4.31 Å². The molecular weight excluding hydrogens is 416 g/mol. The molecule has 0 radical (unpaired) electrons. The maximum Gasteiger partial charge on any atom is 0.318 e. The molecule has 1 amide bonds. The van der Waals surface area contributed by atoms with Gasteiger partial charge in [-0.1, -0.05) is 0 Å². The average Bonchev–Trinajstić information content (AvgIpc) is 2.84. The summed E-state index contributed by atoms with van der Waals surface area (Å²) < 4.78 is 55.5. The molecular formula is C15H20N2O9S2. The minimum atomic E-state index is -4.61. The van der Waals surface area contributed by atoms with Gasteiger partial charge in [-0.25, -0.2) is 16.8 Å². The number of aliphatic hydroxyl groups is 1. The van der Waals surface area contributed by atoms with E-state index in [0.717, 1.165) is 6.07 Å².